The van der Waals surface area contributed by atoms with E-state index in [0.29, 0.717) is 12.3 Å². The molecule has 156 valence electrons. The second-order valence-corrected chi connectivity index (χ2v) is 11.1. The highest BCUT2D eigenvalue weighted by molar-refractivity contribution is 14.0. The van der Waals surface area contributed by atoms with Crippen molar-refractivity contribution in [1.82, 2.24) is 5.32 Å². The summed E-state index contributed by atoms with van der Waals surface area (Å²) in [6.45, 7) is 5.82. The van der Waals surface area contributed by atoms with Crippen molar-refractivity contribution >= 4 is 45.5 Å². The van der Waals surface area contributed by atoms with Gasteiger partial charge in [0.25, 0.3) is 0 Å². The summed E-state index contributed by atoms with van der Waals surface area (Å²) in [5, 5.41) is 3.54. The first kappa shape index (κ1) is 21.9. The SMILES string of the molecule is CC(C)NC(=NCC1CCS(=O)(=O)C1)N1CC2(CCCC2)c2ccccc21.I. The summed E-state index contributed by atoms with van der Waals surface area (Å²) in [5.41, 5.74) is 2.99. The lowest BCUT2D eigenvalue weighted by Crippen LogP contribution is -2.46. The number of benzene rings is 1. The first-order valence-corrected chi connectivity index (χ1v) is 12.1. The molecule has 1 unspecified atom stereocenters. The van der Waals surface area contributed by atoms with Crippen LogP contribution < -0.4 is 10.2 Å². The molecule has 1 spiro atoms. The summed E-state index contributed by atoms with van der Waals surface area (Å²) >= 11 is 0. The monoisotopic (exact) mass is 517 g/mol. The second-order valence-electron chi connectivity index (χ2n) is 8.82. The summed E-state index contributed by atoms with van der Waals surface area (Å²) in [6.07, 6.45) is 5.83. The largest absolute Gasteiger partial charge is 0.354 e. The van der Waals surface area contributed by atoms with Crippen molar-refractivity contribution < 1.29 is 8.42 Å². The molecule has 0 bridgehead atoms. The van der Waals surface area contributed by atoms with Crippen LogP contribution in [0.3, 0.4) is 0 Å². The zero-order valence-corrected chi connectivity index (χ0v) is 20.0. The molecule has 1 saturated carbocycles. The first-order valence-electron chi connectivity index (χ1n) is 10.3. The highest BCUT2D eigenvalue weighted by atomic mass is 127. The Labute approximate surface area is 186 Å². The fourth-order valence-electron chi connectivity index (χ4n) is 5.00. The molecule has 7 heteroatoms. The molecule has 2 aliphatic heterocycles. The summed E-state index contributed by atoms with van der Waals surface area (Å²) < 4.78 is 23.6. The molecule has 3 aliphatic rings. The summed E-state index contributed by atoms with van der Waals surface area (Å²) in [6, 6.07) is 9.04. The maximum atomic E-state index is 11.8. The van der Waals surface area contributed by atoms with Crippen molar-refractivity contribution in [3.05, 3.63) is 29.8 Å². The van der Waals surface area contributed by atoms with Gasteiger partial charge < -0.3 is 10.2 Å². The smallest absolute Gasteiger partial charge is 0.198 e. The molecular formula is C21H32IN3O2S. The standard InChI is InChI=1S/C21H31N3O2S.HI/c1-16(2)23-20(22-13-17-9-12-27(25,26)14-17)24-15-21(10-5-6-11-21)18-7-3-4-8-19(18)24;/h3-4,7-8,16-17H,5-6,9-15H2,1-2H3,(H,22,23);1H. The Hall–Kier alpha value is -0.830. The topological polar surface area (TPSA) is 61.8 Å². The molecule has 2 heterocycles. The quantitative estimate of drug-likeness (QED) is 0.377. The van der Waals surface area contributed by atoms with Crippen molar-refractivity contribution in [3.63, 3.8) is 0 Å². The number of guanidine groups is 1. The molecule has 4 rings (SSSR count). The number of halogens is 1. The number of anilines is 1. The van der Waals surface area contributed by atoms with Crippen LogP contribution in [0.2, 0.25) is 0 Å². The average molecular weight is 517 g/mol. The van der Waals surface area contributed by atoms with Crippen LogP contribution >= 0.6 is 24.0 Å². The van der Waals surface area contributed by atoms with Crippen LogP contribution in [0, 0.1) is 5.92 Å². The maximum absolute atomic E-state index is 11.8. The van der Waals surface area contributed by atoms with Crippen molar-refractivity contribution in [1.29, 1.82) is 0 Å². The first-order chi connectivity index (χ1) is 12.9. The molecule has 1 saturated heterocycles. The molecule has 0 aromatic heterocycles. The predicted molar refractivity (Wildman–Crippen MR) is 127 cm³/mol. The van der Waals surface area contributed by atoms with Crippen LogP contribution in [-0.4, -0.2) is 45.0 Å². The Morgan fingerprint density at radius 2 is 2.00 bits per heavy atom. The zero-order valence-electron chi connectivity index (χ0n) is 16.9. The van der Waals surface area contributed by atoms with E-state index >= 15 is 0 Å². The average Bonchev–Trinajstić information content (AvgIpc) is 3.31. The number of rotatable bonds is 3. The van der Waals surface area contributed by atoms with Crippen molar-refractivity contribution in [2.75, 3.05) is 29.5 Å². The lowest BCUT2D eigenvalue weighted by Gasteiger charge is -2.28. The van der Waals surface area contributed by atoms with Gasteiger partial charge in [0, 0.05) is 30.2 Å². The van der Waals surface area contributed by atoms with E-state index in [1.54, 1.807) is 0 Å². The van der Waals surface area contributed by atoms with E-state index in [9.17, 15) is 8.42 Å². The molecule has 1 aliphatic carbocycles. The fraction of sp³-hybridized carbons (Fsp3) is 0.667. The molecule has 0 radical (unpaired) electrons. The van der Waals surface area contributed by atoms with E-state index in [1.807, 2.05) is 0 Å². The van der Waals surface area contributed by atoms with Gasteiger partial charge in [0.05, 0.1) is 11.5 Å². The Bertz CT molecular complexity index is 832. The molecule has 1 atom stereocenters. The van der Waals surface area contributed by atoms with Crippen LogP contribution in [0.4, 0.5) is 5.69 Å². The van der Waals surface area contributed by atoms with Crippen molar-refractivity contribution in [3.8, 4) is 0 Å². The highest BCUT2D eigenvalue weighted by Crippen LogP contribution is 2.50. The molecule has 1 N–H and O–H groups in total. The van der Waals surface area contributed by atoms with Crippen LogP contribution in [-0.2, 0) is 15.3 Å². The van der Waals surface area contributed by atoms with E-state index in [0.717, 1.165) is 18.9 Å². The number of nitrogens with one attached hydrogen (secondary N) is 1. The Kier molecular flexibility index (Phi) is 6.64. The minimum Gasteiger partial charge on any atom is -0.354 e. The van der Waals surface area contributed by atoms with Crippen LogP contribution in [0.15, 0.2) is 29.3 Å². The molecule has 1 aromatic carbocycles. The molecule has 5 nitrogen and oxygen atoms in total. The van der Waals surface area contributed by atoms with Crippen LogP contribution in [0.5, 0.6) is 0 Å². The minimum absolute atomic E-state index is 0. The summed E-state index contributed by atoms with van der Waals surface area (Å²) in [4.78, 5) is 7.27. The van der Waals surface area contributed by atoms with Crippen molar-refractivity contribution in [2.45, 2.75) is 57.4 Å². The number of aliphatic imine (C=N–C) groups is 1. The maximum Gasteiger partial charge on any atom is 0.198 e. The third-order valence-electron chi connectivity index (χ3n) is 6.29. The van der Waals surface area contributed by atoms with Gasteiger partial charge in [0.2, 0.25) is 0 Å². The number of hydrogen-bond acceptors (Lipinski definition) is 3. The lowest BCUT2D eigenvalue weighted by molar-refractivity contribution is 0.477. The third-order valence-corrected chi connectivity index (χ3v) is 8.12. The molecule has 28 heavy (non-hydrogen) atoms. The van der Waals surface area contributed by atoms with Gasteiger partial charge >= 0.3 is 0 Å². The van der Waals surface area contributed by atoms with Gasteiger partial charge in [-0.2, -0.15) is 0 Å². The number of para-hydroxylation sites is 1. The number of sulfone groups is 1. The van der Waals surface area contributed by atoms with Crippen molar-refractivity contribution in [2.24, 2.45) is 10.9 Å². The van der Waals surface area contributed by atoms with Gasteiger partial charge in [-0.25, -0.2) is 8.42 Å². The highest BCUT2D eigenvalue weighted by Gasteiger charge is 2.45. The summed E-state index contributed by atoms with van der Waals surface area (Å²) in [5.74, 6) is 1.66. The van der Waals surface area contributed by atoms with E-state index in [4.69, 9.17) is 4.99 Å². The molecule has 0 amide bonds. The molecule has 2 fully saturated rings. The number of nitrogens with zero attached hydrogens (tertiary/aromatic N) is 2. The minimum atomic E-state index is -2.86. The van der Waals surface area contributed by atoms with Gasteiger partial charge in [0.15, 0.2) is 15.8 Å². The number of hydrogen-bond donors (Lipinski definition) is 1. The Morgan fingerprint density at radius 3 is 2.64 bits per heavy atom. The summed E-state index contributed by atoms with van der Waals surface area (Å²) in [7, 11) is -2.86. The number of fused-ring (bicyclic) bond motifs is 2. The van der Waals surface area contributed by atoms with Gasteiger partial charge in [-0.15, -0.1) is 24.0 Å². The predicted octanol–water partition coefficient (Wildman–Crippen LogP) is 3.73. The Morgan fingerprint density at radius 1 is 1.29 bits per heavy atom. The Balaban J connectivity index is 0.00000225. The van der Waals surface area contributed by atoms with E-state index in [1.165, 1.54) is 36.9 Å². The van der Waals surface area contributed by atoms with Crippen LogP contribution in [0.1, 0.15) is 51.5 Å². The lowest BCUT2D eigenvalue weighted by atomic mass is 9.81. The van der Waals surface area contributed by atoms with Gasteiger partial charge in [0.1, 0.15) is 0 Å². The van der Waals surface area contributed by atoms with E-state index in [2.05, 4.69) is 48.3 Å². The van der Waals surface area contributed by atoms with Crippen LogP contribution in [0.25, 0.3) is 0 Å². The van der Waals surface area contributed by atoms with E-state index in [-0.39, 0.29) is 47.1 Å². The molecule has 1 aromatic rings. The molecular weight excluding hydrogens is 485 g/mol. The second kappa shape index (κ2) is 8.50. The van der Waals surface area contributed by atoms with Gasteiger partial charge in [-0.1, -0.05) is 31.0 Å². The fourth-order valence-corrected chi connectivity index (χ4v) is 6.85. The normalized spacial score (nSPS) is 25.2. The zero-order chi connectivity index (χ0) is 19.1. The third kappa shape index (κ3) is 4.35. The van der Waals surface area contributed by atoms with E-state index < -0.39 is 9.84 Å². The van der Waals surface area contributed by atoms with Gasteiger partial charge in [-0.3, -0.25) is 4.99 Å². The van der Waals surface area contributed by atoms with Gasteiger partial charge in [-0.05, 0) is 50.7 Å².